The number of hydrogen-bond donors (Lipinski definition) is 0. The van der Waals surface area contributed by atoms with Gasteiger partial charge in [-0.3, -0.25) is 0 Å². The zero-order valence-electron chi connectivity index (χ0n) is 16.0. The van der Waals surface area contributed by atoms with Crippen LogP contribution in [0.2, 0.25) is 41.1 Å². The summed E-state index contributed by atoms with van der Waals surface area (Å²) in [5.74, 6) is 0. The van der Waals surface area contributed by atoms with E-state index in [1.165, 1.54) is 5.57 Å². The standard InChI is InChI=1S/C14H25O3Si2.3CH3.Pt/c1-7-11-18(5,6)14-10-8-9-13(14)12-19(15-2,16-3)17-4;;;;/h7,9H,1,8,11-12H2,2-6H3;3*1H3;. The van der Waals surface area contributed by atoms with Crippen LogP contribution in [0.25, 0.3) is 0 Å². The molecule has 0 saturated heterocycles. The van der Waals surface area contributed by atoms with Crippen LogP contribution < -0.4 is 0 Å². The minimum atomic E-state index is -2.60. The van der Waals surface area contributed by atoms with Crippen LogP contribution in [0.3, 0.4) is 0 Å². The van der Waals surface area contributed by atoms with Crippen molar-refractivity contribution in [2.45, 2.75) is 47.5 Å². The zero-order chi connectivity index (χ0) is 17.9. The fourth-order valence-corrected chi connectivity index (χ4v) is 15.7. The van der Waals surface area contributed by atoms with Crippen molar-refractivity contribution < 1.29 is 29.3 Å². The van der Waals surface area contributed by atoms with Crippen LogP contribution in [0.4, 0.5) is 0 Å². The Kier molecular flexibility index (Phi) is 7.46. The first kappa shape index (κ1) is 21.3. The molecule has 0 radical (unpaired) electrons. The molecule has 0 aromatic heterocycles. The second-order valence-corrected chi connectivity index (χ2v) is 26.2. The van der Waals surface area contributed by atoms with E-state index in [9.17, 15) is 0 Å². The van der Waals surface area contributed by atoms with Crippen molar-refractivity contribution in [1.29, 1.82) is 0 Å². The van der Waals surface area contributed by atoms with E-state index in [-0.39, 0.29) is 0 Å². The summed E-state index contributed by atoms with van der Waals surface area (Å²) in [6.07, 6.45) is 5.62. The molecular weight excluding hydrogens is 503 g/mol. The van der Waals surface area contributed by atoms with Crippen LogP contribution in [0.5, 0.6) is 0 Å². The van der Waals surface area contributed by atoms with Gasteiger partial charge < -0.3 is 0 Å². The molecule has 1 aliphatic carbocycles. The molecule has 1 rings (SSSR count). The summed E-state index contributed by atoms with van der Waals surface area (Å²) in [6.45, 7) is 8.92. The number of rotatable bonds is 9. The normalized spacial score (nSPS) is 17.5. The zero-order valence-corrected chi connectivity index (χ0v) is 20.3. The van der Waals surface area contributed by atoms with Crippen molar-refractivity contribution >= 4 is 16.9 Å². The molecule has 0 heterocycles. The van der Waals surface area contributed by atoms with Gasteiger partial charge >= 0.3 is 149 Å². The Balaban J connectivity index is 3.33. The molecule has 1 aliphatic rings. The molecule has 0 fully saturated rings. The van der Waals surface area contributed by atoms with Gasteiger partial charge in [0.1, 0.15) is 0 Å². The molecular formula is C17H34O3PtSi2. The Morgan fingerprint density at radius 1 is 1.13 bits per heavy atom. The first-order valence-corrected chi connectivity index (χ1v) is 20.7. The first-order chi connectivity index (χ1) is 10.6. The molecule has 0 unspecified atom stereocenters. The van der Waals surface area contributed by atoms with Crippen LogP contribution in [-0.2, 0) is 29.3 Å². The SMILES string of the molecule is C=CC[Si](C)(C)C1=[C]([Pt]([CH3])([CH3])[CH3])CC=C1C[Si](OC)(OC)OC. The summed E-state index contributed by atoms with van der Waals surface area (Å²) < 4.78 is 18.8. The van der Waals surface area contributed by atoms with E-state index in [4.69, 9.17) is 13.3 Å². The molecule has 0 aromatic rings. The van der Waals surface area contributed by atoms with Gasteiger partial charge in [0, 0.05) is 0 Å². The van der Waals surface area contributed by atoms with Gasteiger partial charge in [0.2, 0.25) is 0 Å². The molecule has 3 nitrogen and oxygen atoms in total. The van der Waals surface area contributed by atoms with E-state index >= 15 is 0 Å². The van der Waals surface area contributed by atoms with Gasteiger partial charge in [-0.2, -0.15) is 0 Å². The predicted molar refractivity (Wildman–Crippen MR) is 101 cm³/mol. The summed E-state index contributed by atoms with van der Waals surface area (Å²) in [4.78, 5) is 0. The molecule has 0 bridgehead atoms. The van der Waals surface area contributed by atoms with E-state index in [0.717, 1.165) is 18.5 Å². The topological polar surface area (TPSA) is 27.7 Å². The molecule has 138 valence electrons. The van der Waals surface area contributed by atoms with E-state index in [2.05, 4.69) is 47.8 Å². The average molecular weight is 538 g/mol. The van der Waals surface area contributed by atoms with Crippen molar-refractivity contribution in [1.82, 2.24) is 0 Å². The molecule has 0 N–H and O–H groups in total. The van der Waals surface area contributed by atoms with E-state index in [1.54, 1.807) is 30.5 Å². The Morgan fingerprint density at radius 3 is 2.04 bits per heavy atom. The molecule has 0 aromatic carbocycles. The van der Waals surface area contributed by atoms with Crippen LogP contribution in [0.15, 0.2) is 33.5 Å². The Morgan fingerprint density at radius 2 is 1.65 bits per heavy atom. The number of allylic oxidation sites excluding steroid dienone is 5. The van der Waals surface area contributed by atoms with Gasteiger partial charge in [-0.15, -0.1) is 0 Å². The van der Waals surface area contributed by atoms with Crippen molar-refractivity contribution in [2.24, 2.45) is 0 Å². The van der Waals surface area contributed by atoms with Crippen molar-refractivity contribution in [2.75, 3.05) is 21.3 Å². The Hall–Kier alpha value is 0.222. The second-order valence-electron chi connectivity index (χ2n) is 6.95. The summed E-state index contributed by atoms with van der Waals surface area (Å²) in [6, 6.07) is 1.89. The monoisotopic (exact) mass is 537 g/mol. The third kappa shape index (κ3) is 4.86. The number of hydrogen-bond acceptors (Lipinski definition) is 3. The van der Waals surface area contributed by atoms with Crippen LogP contribution in [0.1, 0.15) is 6.42 Å². The quantitative estimate of drug-likeness (QED) is 0.300. The van der Waals surface area contributed by atoms with Gasteiger partial charge in [0.05, 0.1) is 0 Å². The third-order valence-electron chi connectivity index (χ3n) is 4.34. The third-order valence-corrected chi connectivity index (χ3v) is 16.0. The molecule has 0 saturated carbocycles. The predicted octanol–water partition coefficient (Wildman–Crippen LogP) is 5.18. The van der Waals surface area contributed by atoms with Crippen LogP contribution in [-0.4, -0.2) is 38.2 Å². The van der Waals surface area contributed by atoms with Crippen molar-refractivity contribution in [3.05, 3.63) is 33.5 Å². The molecule has 0 amide bonds. The average Bonchev–Trinajstić information content (AvgIpc) is 2.89. The summed E-state index contributed by atoms with van der Waals surface area (Å²) in [5.41, 5.74) is 1.43. The van der Waals surface area contributed by atoms with Gasteiger partial charge in [-0.25, -0.2) is 0 Å². The Labute approximate surface area is 148 Å². The van der Waals surface area contributed by atoms with E-state index < -0.39 is 32.9 Å². The van der Waals surface area contributed by atoms with E-state index in [1.807, 2.05) is 0 Å². The van der Waals surface area contributed by atoms with Gasteiger partial charge in [-0.05, 0) is 0 Å². The summed E-state index contributed by atoms with van der Waals surface area (Å²) in [5, 5.41) is 9.13. The molecule has 0 aliphatic heterocycles. The van der Waals surface area contributed by atoms with Gasteiger partial charge in [0.25, 0.3) is 0 Å². The van der Waals surface area contributed by atoms with Crippen molar-refractivity contribution in [3.63, 3.8) is 0 Å². The minimum absolute atomic E-state index is 0.778. The molecule has 6 heteroatoms. The fraction of sp³-hybridized carbons (Fsp3) is 0.647. The van der Waals surface area contributed by atoms with Crippen LogP contribution >= 0.6 is 0 Å². The van der Waals surface area contributed by atoms with E-state index in [0.29, 0.717) is 0 Å². The van der Waals surface area contributed by atoms with Gasteiger partial charge in [-0.1, -0.05) is 0 Å². The maximum atomic E-state index is 5.68. The first-order valence-electron chi connectivity index (χ1n) is 7.62. The molecule has 0 spiro atoms. The fourth-order valence-electron chi connectivity index (χ4n) is 3.11. The van der Waals surface area contributed by atoms with Gasteiger partial charge in [0.15, 0.2) is 0 Å². The Bertz CT molecular complexity index is 492. The molecule has 23 heavy (non-hydrogen) atoms. The second kappa shape index (κ2) is 8.07. The van der Waals surface area contributed by atoms with Crippen molar-refractivity contribution in [3.8, 4) is 0 Å². The summed E-state index contributed by atoms with van der Waals surface area (Å²) in [7, 11) is 0.952. The van der Waals surface area contributed by atoms with Crippen LogP contribution in [0, 0.1) is 0 Å². The summed E-state index contributed by atoms with van der Waals surface area (Å²) >= 11 is -1.81. The molecule has 0 atom stereocenters. The maximum absolute atomic E-state index is 5.68.